The quantitative estimate of drug-likeness (QED) is 0.430. The van der Waals surface area contributed by atoms with Gasteiger partial charge in [-0.05, 0) is 32.7 Å². The molecule has 1 aliphatic rings. The molecule has 96 valence electrons. The highest BCUT2D eigenvalue weighted by Crippen LogP contribution is 2.17. The number of β-amino-alcohol motifs (C(OH)–C–C–N with tert-alkyl or cyclic N) is 1. The molecule has 1 aliphatic heterocycles. The van der Waals surface area contributed by atoms with E-state index in [4.69, 9.17) is 10.3 Å². The third-order valence-electron chi connectivity index (χ3n) is 2.40. The Balaban J connectivity index is 2.55. The molecule has 0 aromatic carbocycles. The molecule has 1 N–H and O–H groups in total. The van der Waals surface area contributed by atoms with E-state index in [2.05, 4.69) is 10.0 Å². The Bertz CT molecular complexity index is 333. The summed E-state index contributed by atoms with van der Waals surface area (Å²) in [6, 6.07) is -0.460. The monoisotopic (exact) mass is 242 g/mol. The van der Waals surface area contributed by atoms with E-state index in [1.165, 1.54) is 4.90 Å². The summed E-state index contributed by atoms with van der Waals surface area (Å²) in [5.74, 6) is 0. The van der Waals surface area contributed by atoms with Crippen LogP contribution in [0.1, 0.15) is 27.2 Å². The van der Waals surface area contributed by atoms with Crippen molar-refractivity contribution >= 4 is 6.09 Å². The van der Waals surface area contributed by atoms with E-state index >= 15 is 0 Å². The van der Waals surface area contributed by atoms with Crippen LogP contribution in [0.15, 0.2) is 5.11 Å². The number of carbonyl (C=O) groups is 1. The van der Waals surface area contributed by atoms with Gasteiger partial charge in [-0.25, -0.2) is 4.79 Å². The Morgan fingerprint density at radius 1 is 1.59 bits per heavy atom. The molecular weight excluding hydrogens is 224 g/mol. The van der Waals surface area contributed by atoms with E-state index in [9.17, 15) is 9.90 Å². The molecule has 0 radical (unpaired) electrons. The molecule has 0 aromatic heterocycles. The van der Waals surface area contributed by atoms with Crippen LogP contribution < -0.4 is 0 Å². The molecule has 1 saturated heterocycles. The summed E-state index contributed by atoms with van der Waals surface area (Å²) in [4.78, 5) is 15.8. The minimum atomic E-state index is -0.827. The standard InChI is InChI=1S/C10H18N4O3/c1-10(2,3)17-9(16)14-5-4-7(12-13-11)8(15)6-14/h7-8,15H,4-6H2,1-3H3/t7-,8+/m1/s1. The van der Waals surface area contributed by atoms with Gasteiger partial charge in [0.15, 0.2) is 0 Å². The SMILES string of the molecule is CC(C)(C)OC(=O)N1CC[C@@H](N=[N+]=[N-])[C@@H](O)C1. The second-order valence-corrected chi connectivity index (χ2v) is 5.05. The zero-order valence-corrected chi connectivity index (χ0v) is 10.3. The van der Waals surface area contributed by atoms with Crippen molar-refractivity contribution in [2.45, 2.75) is 44.9 Å². The summed E-state index contributed by atoms with van der Waals surface area (Å²) in [5.41, 5.74) is 7.75. The van der Waals surface area contributed by atoms with Gasteiger partial charge in [0.2, 0.25) is 0 Å². The first-order valence-electron chi connectivity index (χ1n) is 5.53. The minimum absolute atomic E-state index is 0.137. The highest BCUT2D eigenvalue weighted by molar-refractivity contribution is 5.68. The Hall–Kier alpha value is -1.46. The minimum Gasteiger partial charge on any atom is -0.444 e. The first-order chi connectivity index (χ1) is 7.83. The van der Waals surface area contributed by atoms with Gasteiger partial charge in [0.1, 0.15) is 5.60 Å². The fourth-order valence-electron chi connectivity index (χ4n) is 1.61. The zero-order chi connectivity index (χ0) is 13.1. The number of carbonyl (C=O) groups excluding carboxylic acids is 1. The molecule has 7 heteroatoms. The van der Waals surface area contributed by atoms with Gasteiger partial charge < -0.3 is 14.7 Å². The molecule has 17 heavy (non-hydrogen) atoms. The van der Waals surface area contributed by atoms with Gasteiger partial charge in [-0.2, -0.15) is 0 Å². The number of amides is 1. The van der Waals surface area contributed by atoms with Gasteiger partial charge >= 0.3 is 6.09 Å². The molecule has 0 aliphatic carbocycles. The van der Waals surface area contributed by atoms with Crippen LogP contribution in [-0.2, 0) is 4.74 Å². The number of hydrogen-bond donors (Lipinski definition) is 1. The second-order valence-electron chi connectivity index (χ2n) is 5.05. The van der Waals surface area contributed by atoms with Gasteiger partial charge in [0, 0.05) is 11.5 Å². The van der Waals surface area contributed by atoms with Crippen LogP contribution in [0.4, 0.5) is 4.79 Å². The van der Waals surface area contributed by atoms with Crippen molar-refractivity contribution in [1.29, 1.82) is 0 Å². The van der Waals surface area contributed by atoms with Crippen molar-refractivity contribution in [3.63, 3.8) is 0 Å². The predicted octanol–water partition coefficient (Wildman–Crippen LogP) is 1.67. The number of ether oxygens (including phenoxy) is 1. The molecule has 0 saturated carbocycles. The summed E-state index contributed by atoms with van der Waals surface area (Å²) in [5, 5.41) is 13.2. The van der Waals surface area contributed by atoms with Gasteiger partial charge in [0.05, 0.1) is 18.7 Å². The second kappa shape index (κ2) is 5.25. The lowest BCUT2D eigenvalue weighted by atomic mass is 10.0. The lowest BCUT2D eigenvalue weighted by Gasteiger charge is -2.34. The van der Waals surface area contributed by atoms with Crippen LogP contribution >= 0.6 is 0 Å². The highest BCUT2D eigenvalue weighted by Gasteiger charge is 2.31. The number of aliphatic hydroxyl groups excluding tert-OH is 1. The van der Waals surface area contributed by atoms with E-state index < -0.39 is 23.8 Å². The van der Waals surface area contributed by atoms with Crippen LogP contribution in [-0.4, -0.2) is 46.9 Å². The van der Waals surface area contributed by atoms with Crippen LogP contribution in [0.25, 0.3) is 10.4 Å². The molecule has 0 aromatic rings. The topological polar surface area (TPSA) is 98.5 Å². The number of azide groups is 1. The summed E-state index contributed by atoms with van der Waals surface area (Å²) >= 11 is 0. The third-order valence-corrected chi connectivity index (χ3v) is 2.40. The average Bonchev–Trinajstić information content (AvgIpc) is 2.18. The predicted molar refractivity (Wildman–Crippen MR) is 61.4 cm³/mol. The van der Waals surface area contributed by atoms with E-state index in [0.29, 0.717) is 13.0 Å². The van der Waals surface area contributed by atoms with Gasteiger partial charge in [0.25, 0.3) is 0 Å². The van der Waals surface area contributed by atoms with Gasteiger partial charge in [-0.1, -0.05) is 5.11 Å². The molecule has 0 spiro atoms. The van der Waals surface area contributed by atoms with Gasteiger partial charge in [-0.3, -0.25) is 0 Å². The summed E-state index contributed by atoms with van der Waals surface area (Å²) in [6.45, 7) is 5.92. The van der Waals surface area contributed by atoms with Crippen molar-refractivity contribution in [2.75, 3.05) is 13.1 Å². The van der Waals surface area contributed by atoms with E-state index in [-0.39, 0.29) is 6.54 Å². The molecule has 1 rings (SSSR count). The van der Waals surface area contributed by atoms with Crippen LogP contribution in [0.2, 0.25) is 0 Å². The molecule has 1 heterocycles. The maximum absolute atomic E-state index is 11.7. The van der Waals surface area contributed by atoms with Crippen LogP contribution in [0.5, 0.6) is 0 Å². The average molecular weight is 242 g/mol. The smallest absolute Gasteiger partial charge is 0.410 e. The number of piperidine rings is 1. The summed E-state index contributed by atoms with van der Waals surface area (Å²) < 4.78 is 5.19. The lowest BCUT2D eigenvalue weighted by Crippen LogP contribution is -2.49. The van der Waals surface area contributed by atoms with Crippen LogP contribution in [0.3, 0.4) is 0 Å². The zero-order valence-electron chi connectivity index (χ0n) is 10.3. The van der Waals surface area contributed by atoms with Crippen molar-refractivity contribution in [3.05, 3.63) is 10.4 Å². The Kier molecular flexibility index (Phi) is 4.20. The van der Waals surface area contributed by atoms with Gasteiger partial charge in [-0.15, -0.1) is 0 Å². The number of likely N-dealkylation sites (tertiary alicyclic amines) is 1. The first-order valence-corrected chi connectivity index (χ1v) is 5.53. The Morgan fingerprint density at radius 3 is 2.71 bits per heavy atom. The summed E-state index contributed by atoms with van der Waals surface area (Å²) in [6.07, 6.45) is -0.826. The van der Waals surface area contributed by atoms with E-state index in [1.807, 2.05) is 0 Å². The number of nitrogens with zero attached hydrogens (tertiary/aromatic N) is 4. The van der Waals surface area contributed by atoms with Crippen molar-refractivity contribution in [2.24, 2.45) is 5.11 Å². The number of rotatable bonds is 1. The van der Waals surface area contributed by atoms with Crippen molar-refractivity contribution < 1.29 is 14.6 Å². The molecule has 7 nitrogen and oxygen atoms in total. The highest BCUT2D eigenvalue weighted by atomic mass is 16.6. The number of aliphatic hydroxyl groups is 1. The molecular formula is C10H18N4O3. The fourth-order valence-corrected chi connectivity index (χ4v) is 1.61. The Labute approximate surface area is 100.0 Å². The fraction of sp³-hybridized carbons (Fsp3) is 0.900. The third kappa shape index (κ3) is 4.13. The van der Waals surface area contributed by atoms with E-state index in [1.54, 1.807) is 20.8 Å². The summed E-state index contributed by atoms with van der Waals surface area (Å²) in [7, 11) is 0. The first kappa shape index (κ1) is 13.6. The van der Waals surface area contributed by atoms with Crippen molar-refractivity contribution in [1.82, 2.24) is 4.90 Å². The molecule has 0 unspecified atom stereocenters. The maximum Gasteiger partial charge on any atom is 0.410 e. The largest absolute Gasteiger partial charge is 0.444 e. The maximum atomic E-state index is 11.7. The molecule has 1 amide bonds. The molecule has 0 bridgehead atoms. The van der Waals surface area contributed by atoms with Crippen LogP contribution in [0, 0.1) is 0 Å². The van der Waals surface area contributed by atoms with E-state index in [0.717, 1.165) is 0 Å². The number of hydrogen-bond acceptors (Lipinski definition) is 4. The molecule has 2 atom stereocenters. The molecule has 1 fully saturated rings. The van der Waals surface area contributed by atoms with Crippen molar-refractivity contribution in [3.8, 4) is 0 Å². The lowest BCUT2D eigenvalue weighted by molar-refractivity contribution is -0.000571. The normalized spacial score (nSPS) is 25.1. The Morgan fingerprint density at radius 2 is 2.24 bits per heavy atom.